The molecule has 0 aliphatic heterocycles. The van der Waals surface area contributed by atoms with Crippen molar-refractivity contribution >= 4 is 39.1 Å². The first-order valence-corrected chi connectivity index (χ1v) is 16.3. The molecule has 0 radical (unpaired) electrons. The number of ether oxygens (including phenoxy) is 2. The fourth-order valence-electron chi connectivity index (χ4n) is 4.90. The number of rotatable bonds is 14. The first-order chi connectivity index (χ1) is 22.1. The van der Waals surface area contributed by atoms with Crippen LogP contribution in [0, 0.1) is 5.82 Å². The molecule has 2 amide bonds. The lowest BCUT2D eigenvalue weighted by Gasteiger charge is -2.34. The molecule has 4 aromatic rings. The van der Waals surface area contributed by atoms with Gasteiger partial charge in [0.2, 0.25) is 11.8 Å². The van der Waals surface area contributed by atoms with E-state index in [-0.39, 0.29) is 41.4 Å². The summed E-state index contributed by atoms with van der Waals surface area (Å²) in [6, 6.07) is 24.0. The first-order valence-electron chi connectivity index (χ1n) is 14.4. The van der Waals surface area contributed by atoms with E-state index >= 15 is 0 Å². The second-order valence-corrected chi connectivity index (χ2v) is 12.5. The summed E-state index contributed by atoms with van der Waals surface area (Å²) in [5, 5.41) is 3.13. The SMILES string of the molecule is CCNC(=O)[C@H](Cc1ccccc1)N(Cc1ccccc1F)C(=O)CN(c1ccc(Cl)cc1)S(=O)(=O)c1ccc(OC)c(OC)c1. The number of carbonyl (C=O) groups excluding carboxylic acids is 2. The molecule has 1 atom stereocenters. The van der Waals surface area contributed by atoms with Gasteiger partial charge in [-0.2, -0.15) is 0 Å². The van der Waals surface area contributed by atoms with Crippen LogP contribution in [0.4, 0.5) is 10.1 Å². The highest BCUT2D eigenvalue weighted by Crippen LogP contribution is 2.33. The quantitative estimate of drug-likeness (QED) is 0.191. The predicted molar refractivity (Wildman–Crippen MR) is 175 cm³/mol. The van der Waals surface area contributed by atoms with Crippen molar-refractivity contribution in [1.82, 2.24) is 10.2 Å². The number of carbonyl (C=O) groups is 2. The summed E-state index contributed by atoms with van der Waals surface area (Å²) in [4.78, 5) is 29.0. The average Bonchev–Trinajstić information content (AvgIpc) is 3.06. The molecule has 0 heterocycles. The van der Waals surface area contributed by atoms with Gasteiger partial charge in [-0.15, -0.1) is 0 Å². The van der Waals surface area contributed by atoms with Crippen LogP contribution in [0.25, 0.3) is 0 Å². The van der Waals surface area contributed by atoms with Gasteiger partial charge in [0.05, 0.1) is 24.8 Å². The van der Waals surface area contributed by atoms with E-state index in [2.05, 4.69) is 5.32 Å². The van der Waals surface area contributed by atoms with Crippen molar-refractivity contribution in [2.45, 2.75) is 30.8 Å². The zero-order valence-corrected chi connectivity index (χ0v) is 27.2. The molecule has 1 N–H and O–H groups in total. The zero-order valence-electron chi connectivity index (χ0n) is 25.7. The Morgan fingerprint density at radius 2 is 1.54 bits per heavy atom. The summed E-state index contributed by atoms with van der Waals surface area (Å²) in [7, 11) is -1.61. The molecule has 0 aliphatic carbocycles. The molecular formula is C34H35ClFN3O6S. The molecule has 0 unspecified atom stereocenters. The topological polar surface area (TPSA) is 105 Å². The van der Waals surface area contributed by atoms with Crippen LogP contribution in [-0.2, 0) is 32.6 Å². The summed E-state index contributed by atoms with van der Waals surface area (Å²) >= 11 is 6.11. The molecule has 0 spiro atoms. The number of nitrogens with one attached hydrogen (secondary N) is 1. The van der Waals surface area contributed by atoms with Crippen LogP contribution in [0.3, 0.4) is 0 Å². The Morgan fingerprint density at radius 1 is 0.891 bits per heavy atom. The van der Waals surface area contributed by atoms with E-state index in [9.17, 15) is 22.4 Å². The minimum atomic E-state index is -4.42. The summed E-state index contributed by atoms with van der Waals surface area (Å²) in [5.74, 6) is -1.27. The number of hydrogen-bond acceptors (Lipinski definition) is 6. The molecule has 0 fully saturated rings. The average molecular weight is 668 g/mol. The number of methoxy groups -OCH3 is 2. The van der Waals surface area contributed by atoms with Gasteiger partial charge in [-0.3, -0.25) is 13.9 Å². The summed E-state index contributed by atoms with van der Waals surface area (Å²) in [6.45, 7) is 1.04. The van der Waals surface area contributed by atoms with E-state index in [0.29, 0.717) is 10.8 Å². The van der Waals surface area contributed by atoms with Gasteiger partial charge in [0.15, 0.2) is 11.5 Å². The normalized spacial score (nSPS) is 11.8. The lowest BCUT2D eigenvalue weighted by molar-refractivity contribution is -0.140. The molecule has 46 heavy (non-hydrogen) atoms. The van der Waals surface area contributed by atoms with Gasteiger partial charge in [-0.05, 0) is 55.0 Å². The summed E-state index contributed by atoms with van der Waals surface area (Å²) < 4.78 is 55.0. The van der Waals surface area contributed by atoms with Crippen LogP contribution < -0.4 is 19.1 Å². The smallest absolute Gasteiger partial charge is 0.264 e. The first kappa shape index (κ1) is 34.3. The number of anilines is 1. The van der Waals surface area contributed by atoms with Crippen molar-refractivity contribution in [3.8, 4) is 11.5 Å². The van der Waals surface area contributed by atoms with E-state index in [4.69, 9.17) is 21.1 Å². The van der Waals surface area contributed by atoms with Gasteiger partial charge in [0.1, 0.15) is 18.4 Å². The van der Waals surface area contributed by atoms with Crippen LogP contribution in [0.15, 0.2) is 102 Å². The van der Waals surface area contributed by atoms with Crippen molar-refractivity contribution < 1.29 is 31.9 Å². The summed E-state index contributed by atoms with van der Waals surface area (Å²) in [6.07, 6.45) is 0.107. The van der Waals surface area contributed by atoms with Gasteiger partial charge < -0.3 is 19.7 Å². The third-order valence-electron chi connectivity index (χ3n) is 7.26. The van der Waals surface area contributed by atoms with E-state index in [0.717, 1.165) is 9.87 Å². The van der Waals surface area contributed by atoms with Crippen LogP contribution in [0.2, 0.25) is 5.02 Å². The molecule has 12 heteroatoms. The number of halogens is 2. The molecule has 0 aromatic heterocycles. The molecule has 0 bridgehead atoms. The van der Waals surface area contributed by atoms with E-state index < -0.39 is 40.2 Å². The molecule has 0 saturated heterocycles. The van der Waals surface area contributed by atoms with Crippen molar-refractivity contribution in [3.63, 3.8) is 0 Å². The number of sulfonamides is 1. The minimum absolute atomic E-state index is 0.107. The van der Waals surface area contributed by atoms with Crippen molar-refractivity contribution in [3.05, 3.63) is 119 Å². The van der Waals surface area contributed by atoms with Gasteiger partial charge in [0.25, 0.3) is 10.0 Å². The largest absolute Gasteiger partial charge is 0.493 e. The van der Waals surface area contributed by atoms with Crippen LogP contribution in [0.5, 0.6) is 11.5 Å². The molecule has 9 nitrogen and oxygen atoms in total. The Bertz CT molecular complexity index is 1760. The standard InChI is InChI=1S/C34H35ClFN3O6S/c1-4-37-34(41)30(20-24-10-6-5-7-11-24)38(22-25-12-8-9-13-29(25)36)33(40)23-39(27-16-14-26(35)15-17-27)46(42,43)28-18-19-31(44-2)32(21-28)45-3/h5-19,21,30H,4,20,22-23H2,1-3H3,(H,37,41)/t30-/m0/s1. The maximum absolute atomic E-state index is 15.0. The molecule has 0 aliphatic rings. The van der Waals surface area contributed by atoms with Gasteiger partial charge >= 0.3 is 0 Å². The second kappa shape index (κ2) is 15.6. The lowest BCUT2D eigenvalue weighted by atomic mass is 10.0. The fraction of sp³-hybridized carbons (Fsp3) is 0.235. The van der Waals surface area contributed by atoms with E-state index in [1.165, 1.54) is 79.8 Å². The molecule has 242 valence electrons. The Kier molecular flexibility index (Phi) is 11.6. The number of hydrogen-bond donors (Lipinski definition) is 1. The van der Waals surface area contributed by atoms with E-state index in [1.807, 2.05) is 30.3 Å². The highest BCUT2D eigenvalue weighted by Gasteiger charge is 2.35. The number of amides is 2. The maximum atomic E-state index is 15.0. The molecule has 0 saturated carbocycles. The van der Waals surface area contributed by atoms with Gasteiger partial charge in [-0.1, -0.05) is 60.1 Å². The third kappa shape index (κ3) is 8.15. The monoisotopic (exact) mass is 667 g/mol. The number of benzene rings is 4. The Hall–Kier alpha value is -4.61. The number of likely N-dealkylation sites (N-methyl/N-ethyl adjacent to an activating group) is 1. The molecule has 4 rings (SSSR count). The number of nitrogens with zero attached hydrogens (tertiary/aromatic N) is 2. The lowest BCUT2D eigenvalue weighted by Crippen LogP contribution is -2.53. The van der Waals surface area contributed by atoms with Crippen LogP contribution in [-0.4, -0.2) is 58.5 Å². The van der Waals surface area contributed by atoms with Crippen molar-refractivity contribution in [2.24, 2.45) is 0 Å². The van der Waals surface area contributed by atoms with Gasteiger partial charge in [-0.25, -0.2) is 12.8 Å². The van der Waals surface area contributed by atoms with Crippen LogP contribution in [0.1, 0.15) is 18.1 Å². The highest BCUT2D eigenvalue weighted by molar-refractivity contribution is 7.92. The predicted octanol–water partition coefficient (Wildman–Crippen LogP) is 5.47. The Morgan fingerprint density at radius 3 is 2.17 bits per heavy atom. The second-order valence-electron chi connectivity index (χ2n) is 10.2. The Balaban J connectivity index is 1.82. The Labute approximate surface area is 273 Å². The summed E-state index contributed by atoms with van der Waals surface area (Å²) in [5.41, 5.74) is 1.08. The van der Waals surface area contributed by atoms with Crippen LogP contribution >= 0.6 is 11.6 Å². The highest BCUT2D eigenvalue weighted by atomic mass is 35.5. The van der Waals surface area contributed by atoms with Crippen molar-refractivity contribution in [2.75, 3.05) is 31.6 Å². The third-order valence-corrected chi connectivity index (χ3v) is 9.28. The van der Waals surface area contributed by atoms with E-state index in [1.54, 1.807) is 13.0 Å². The maximum Gasteiger partial charge on any atom is 0.264 e. The minimum Gasteiger partial charge on any atom is -0.493 e. The zero-order chi connectivity index (χ0) is 33.3. The molecular weight excluding hydrogens is 633 g/mol. The van der Waals surface area contributed by atoms with Gasteiger partial charge in [0, 0.05) is 36.2 Å². The molecule has 4 aromatic carbocycles. The fourth-order valence-corrected chi connectivity index (χ4v) is 6.45. The van der Waals surface area contributed by atoms with Crippen molar-refractivity contribution in [1.29, 1.82) is 0 Å².